The number of hydrogen-bond acceptors (Lipinski definition) is 5. The molecule has 0 aliphatic carbocycles. The van der Waals surface area contributed by atoms with Crippen LogP contribution >= 0.6 is 27.5 Å². The number of hydrazone groups is 1. The molecular formula is C24H18BrClN2O3. The molecule has 5 nitrogen and oxygen atoms in total. The molecule has 0 aliphatic heterocycles. The Balaban J connectivity index is 2.00. The van der Waals surface area contributed by atoms with Crippen LogP contribution in [0.15, 0.2) is 100 Å². The van der Waals surface area contributed by atoms with Crippen LogP contribution in [0.3, 0.4) is 0 Å². The molecule has 0 bridgehead atoms. The molecule has 0 atom stereocenters. The van der Waals surface area contributed by atoms with Gasteiger partial charge in [0.15, 0.2) is 5.78 Å². The molecule has 0 spiro atoms. The van der Waals surface area contributed by atoms with Crippen molar-refractivity contribution in [2.75, 3.05) is 7.11 Å². The van der Waals surface area contributed by atoms with Crippen molar-refractivity contribution in [3.63, 3.8) is 0 Å². The highest BCUT2D eigenvalue weighted by atomic mass is 79.9. The molecule has 3 aromatic rings. The molecular weight excluding hydrogens is 480 g/mol. The number of methoxy groups -OCH3 is 1. The summed E-state index contributed by atoms with van der Waals surface area (Å²) in [4.78, 5) is 24.9. The number of allylic oxidation sites excluding steroid dienone is 1. The van der Waals surface area contributed by atoms with Crippen molar-refractivity contribution in [1.29, 1.82) is 0 Å². The zero-order valence-corrected chi connectivity index (χ0v) is 18.9. The van der Waals surface area contributed by atoms with Crippen LogP contribution in [-0.4, -0.2) is 24.6 Å². The highest BCUT2D eigenvalue weighted by molar-refractivity contribution is 9.10. The number of benzene rings is 3. The summed E-state index contributed by atoms with van der Waals surface area (Å²) < 4.78 is 5.65. The molecule has 0 radical (unpaired) electrons. The quantitative estimate of drug-likeness (QED) is 0.156. The molecule has 0 fully saturated rings. The summed E-state index contributed by atoms with van der Waals surface area (Å²) in [7, 11) is 1.24. The van der Waals surface area contributed by atoms with Crippen molar-refractivity contribution >= 4 is 45.0 Å². The number of halogens is 2. The molecule has 0 unspecified atom stereocenters. The minimum Gasteiger partial charge on any atom is -0.464 e. The lowest BCUT2D eigenvalue weighted by atomic mass is 10.0. The number of carbonyl (C=O) groups is 2. The van der Waals surface area contributed by atoms with Gasteiger partial charge < -0.3 is 4.74 Å². The van der Waals surface area contributed by atoms with Crippen molar-refractivity contribution in [1.82, 2.24) is 5.43 Å². The molecule has 0 heterocycles. The first-order chi connectivity index (χ1) is 15.0. The van der Waals surface area contributed by atoms with Crippen LogP contribution in [0, 0.1) is 0 Å². The SMILES string of the molecule is COC(=O)/C(=C/C(=O)c1ccc(Cl)cc1)N/N=C(\c1ccccc1)c1ccccc1Br. The Morgan fingerprint density at radius 2 is 1.58 bits per heavy atom. The first-order valence-corrected chi connectivity index (χ1v) is 10.4. The predicted octanol–water partition coefficient (Wildman–Crippen LogP) is 5.38. The Bertz CT molecular complexity index is 1140. The predicted molar refractivity (Wildman–Crippen MR) is 125 cm³/mol. The van der Waals surface area contributed by atoms with Crippen molar-refractivity contribution in [2.24, 2.45) is 5.10 Å². The van der Waals surface area contributed by atoms with E-state index in [4.69, 9.17) is 16.3 Å². The van der Waals surface area contributed by atoms with E-state index in [9.17, 15) is 9.59 Å². The highest BCUT2D eigenvalue weighted by Crippen LogP contribution is 2.20. The third-order valence-corrected chi connectivity index (χ3v) is 5.22. The van der Waals surface area contributed by atoms with Gasteiger partial charge in [-0.1, -0.05) is 76.1 Å². The standard InChI is InChI=1S/C24H18BrClN2O3/c1-31-24(30)21(15-22(29)16-11-13-18(26)14-12-16)27-28-23(17-7-3-2-4-8-17)19-9-5-6-10-20(19)25/h2-15,27H,1H3/b21-15-,28-23+. The second kappa shape index (κ2) is 10.7. The fraction of sp³-hybridized carbons (Fsp3) is 0.0417. The summed E-state index contributed by atoms with van der Waals surface area (Å²) in [6.45, 7) is 0. The molecule has 3 rings (SSSR count). The van der Waals surface area contributed by atoms with Crippen molar-refractivity contribution in [3.05, 3.63) is 117 Å². The topological polar surface area (TPSA) is 67.8 Å². The van der Waals surface area contributed by atoms with Crippen molar-refractivity contribution < 1.29 is 14.3 Å². The van der Waals surface area contributed by atoms with Gasteiger partial charge in [0.25, 0.3) is 0 Å². The molecule has 0 aliphatic rings. The number of nitrogens with one attached hydrogen (secondary N) is 1. The van der Waals surface area contributed by atoms with E-state index in [2.05, 4.69) is 26.5 Å². The van der Waals surface area contributed by atoms with Gasteiger partial charge in [0.2, 0.25) is 0 Å². The Morgan fingerprint density at radius 3 is 2.23 bits per heavy atom. The monoisotopic (exact) mass is 496 g/mol. The zero-order chi connectivity index (χ0) is 22.2. The number of hydrogen-bond donors (Lipinski definition) is 1. The number of esters is 1. The van der Waals surface area contributed by atoms with Gasteiger partial charge in [-0.2, -0.15) is 5.10 Å². The van der Waals surface area contributed by atoms with Crippen molar-refractivity contribution in [2.45, 2.75) is 0 Å². The summed E-state index contributed by atoms with van der Waals surface area (Å²) in [5, 5.41) is 4.96. The largest absolute Gasteiger partial charge is 0.464 e. The fourth-order valence-electron chi connectivity index (χ4n) is 2.72. The zero-order valence-electron chi connectivity index (χ0n) is 16.5. The first kappa shape index (κ1) is 22.5. The maximum atomic E-state index is 12.6. The number of rotatable bonds is 7. The molecule has 156 valence electrons. The molecule has 0 saturated heterocycles. The Kier molecular flexibility index (Phi) is 7.76. The van der Waals surface area contributed by atoms with Gasteiger partial charge in [-0.3, -0.25) is 10.2 Å². The van der Waals surface area contributed by atoms with E-state index in [1.807, 2.05) is 54.6 Å². The molecule has 0 amide bonds. The maximum absolute atomic E-state index is 12.6. The lowest BCUT2D eigenvalue weighted by Gasteiger charge is -2.11. The second-order valence-corrected chi connectivity index (χ2v) is 7.63. The van der Waals surface area contributed by atoms with Gasteiger partial charge in [0.05, 0.1) is 12.8 Å². The van der Waals surface area contributed by atoms with Crippen LogP contribution in [0.1, 0.15) is 21.5 Å². The van der Waals surface area contributed by atoms with Crippen LogP contribution in [-0.2, 0) is 9.53 Å². The Morgan fingerprint density at radius 1 is 0.935 bits per heavy atom. The van der Waals surface area contributed by atoms with E-state index in [0.717, 1.165) is 21.7 Å². The van der Waals surface area contributed by atoms with Gasteiger partial charge in [0, 0.05) is 32.3 Å². The lowest BCUT2D eigenvalue weighted by Crippen LogP contribution is -2.21. The van der Waals surface area contributed by atoms with Gasteiger partial charge >= 0.3 is 5.97 Å². The number of ketones is 1. The molecule has 0 aromatic heterocycles. The summed E-state index contributed by atoms with van der Waals surface area (Å²) in [6, 6.07) is 23.4. The number of nitrogens with zero attached hydrogens (tertiary/aromatic N) is 1. The van der Waals surface area contributed by atoms with Gasteiger partial charge in [-0.15, -0.1) is 0 Å². The third kappa shape index (κ3) is 5.90. The van der Waals surface area contributed by atoms with Crippen LogP contribution in [0.5, 0.6) is 0 Å². The normalized spacial score (nSPS) is 11.7. The number of ether oxygens (including phenoxy) is 1. The molecule has 3 aromatic carbocycles. The Hall–Kier alpha value is -3.22. The smallest absolute Gasteiger partial charge is 0.356 e. The molecule has 0 saturated carbocycles. The average molecular weight is 498 g/mol. The molecule has 31 heavy (non-hydrogen) atoms. The van der Waals surface area contributed by atoms with E-state index >= 15 is 0 Å². The van der Waals surface area contributed by atoms with Crippen LogP contribution < -0.4 is 5.43 Å². The lowest BCUT2D eigenvalue weighted by molar-refractivity contribution is -0.136. The van der Waals surface area contributed by atoms with Gasteiger partial charge in [0.1, 0.15) is 5.70 Å². The van der Waals surface area contributed by atoms with E-state index in [1.165, 1.54) is 7.11 Å². The minimum absolute atomic E-state index is 0.0945. The minimum atomic E-state index is -0.717. The summed E-state index contributed by atoms with van der Waals surface area (Å²) in [6.07, 6.45) is 1.15. The van der Waals surface area contributed by atoms with E-state index < -0.39 is 5.97 Å². The highest BCUT2D eigenvalue weighted by Gasteiger charge is 2.15. The summed E-state index contributed by atoms with van der Waals surface area (Å²) >= 11 is 9.41. The third-order valence-electron chi connectivity index (χ3n) is 4.27. The fourth-order valence-corrected chi connectivity index (χ4v) is 3.32. The Labute approximate surface area is 193 Å². The first-order valence-electron chi connectivity index (χ1n) is 9.23. The van der Waals surface area contributed by atoms with Crippen LogP contribution in [0.4, 0.5) is 0 Å². The van der Waals surface area contributed by atoms with Gasteiger partial charge in [-0.05, 0) is 30.3 Å². The van der Waals surface area contributed by atoms with Crippen molar-refractivity contribution in [3.8, 4) is 0 Å². The van der Waals surface area contributed by atoms with Crippen LogP contribution in [0.2, 0.25) is 5.02 Å². The average Bonchev–Trinajstić information content (AvgIpc) is 2.80. The second-order valence-electron chi connectivity index (χ2n) is 6.34. The van der Waals surface area contributed by atoms with E-state index in [0.29, 0.717) is 16.3 Å². The van der Waals surface area contributed by atoms with E-state index in [-0.39, 0.29) is 11.5 Å². The van der Waals surface area contributed by atoms with Crippen LogP contribution in [0.25, 0.3) is 0 Å². The summed E-state index contributed by atoms with van der Waals surface area (Å²) in [5.74, 6) is -1.10. The summed E-state index contributed by atoms with van der Waals surface area (Å²) in [5.41, 5.74) is 5.23. The maximum Gasteiger partial charge on any atom is 0.356 e. The molecule has 1 N–H and O–H groups in total. The molecule has 7 heteroatoms. The number of carbonyl (C=O) groups excluding carboxylic acids is 2. The van der Waals surface area contributed by atoms with E-state index in [1.54, 1.807) is 24.3 Å². The van der Waals surface area contributed by atoms with Gasteiger partial charge in [-0.25, -0.2) is 4.79 Å².